The molecule has 1 aliphatic rings. The van der Waals surface area contributed by atoms with Crippen molar-refractivity contribution in [1.29, 1.82) is 0 Å². The number of rotatable bonds is 5. The van der Waals surface area contributed by atoms with Crippen molar-refractivity contribution in [2.45, 2.75) is 45.1 Å². The number of pyridine rings is 1. The predicted octanol–water partition coefficient (Wildman–Crippen LogP) is 6.11. The summed E-state index contributed by atoms with van der Waals surface area (Å²) in [5.41, 5.74) is 3.52. The molecular formula is C27H33N3O4. The molecule has 1 aliphatic heterocycles. The molecule has 7 heteroatoms. The van der Waals surface area contributed by atoms with E-state index in [1.165, 1.54) is 5.56 Å². The SMILES string of the molecule is COc1cc(Nc2ccc3ncc(C4CCN(C(=O)OC(C)(C)C)CC4)cc3c2)cc(OC)c1. The molecule has 2 aromatic carbocycles. The van der Waals surface area contributed by atoms with Gasteiger partial charge in [-0.3, -0.25) is 4.98 Å². The van der Waals surface area contributed by atoms with Gasteiger partial charge in [-0.2, -0.15) is 0 Å². The van der Waals surface area contributed by atoms with Crippen LogP contribution in [0.2, 0.25) is 0 Å². The van der Waals surface area contributed by atoms with Gasteiger partial charge in [0, 0.05) is 54.2 Å². The number of hydrogen-bond acceptors (Lipinski definition) is 6. The van der Waals surface area contributed by atoms with Crippen LogP contribution in [0.1, 0.15) is 45.1 Å². The van der Waals surface area contributed by atoms with Gasteiger partial charge in [0.2, 0.25) is 0 Å². The molecule has 0 atom stereocenters. The van der Waals surface area contributed by atoms with Crippen LogP contribution in [0.5, 0.6) is 11.5 Å². The average Bonchev–Trinajstić information content (AvgIpc) is 2.82. The van der Waals surface area contributed by atoms with E-state index in [9.17, 15) is 4.79 Å². The van der Waals surface area contributed by atoms with Crippen LogP contribution in [0.4, 0.5) is 16.2 Å². The van der Waals surface area contributed by atoms with Gasteiger partial charge in [-0.15, -0.1) is 0 Å². The summed E-state index contributed by atoms with van der Waals surface area (Å²) in [6, 6.07) is 14.1. The fourth-order valence-corrected chi connectivity index (χ4v) is 4.22. The van der Waals surface area contributed by atoms with Crippen LogP contribution in [0.25, 0.3) is 10.9 Å². The van der Waals surface area contributed by atoms with Gasteiger partial charge >= 0.3 is 6.09 Å². The number of amides is 1. The lowest BCUT2D eigenvalue weighted by Crippen LogP contribution is -2.41. The molecule has 0 bridgehead atoms. The number of fused-ring (bicyclic) bond motifs is 1. The Kier molecular flexibility index (Phi) is 6.82. The quantitative estimate of drug-likeness (QED) is 0.492. The largest absolute Gasteiger partial charge is 0.497 e. The van der Waals surface area contributed by atoms with Crippen LogP contribution in [0.15, 0.2) is 48.7 Å². The predicted molar refractivity (Wildman–Crippen MR) is 134 cm³/mol. The lowest BCUT2D eigenvalue weighted by Gasteiger charge is -2.33. The number of nitrogens with zero attached hydrogens (tertiary/aromatic N) is 2. The topological polar surface area (TPSA) is 72.9 Å². The number of nitrogens with one attached hydrogen (secondary N) is 1. The number of carbonyl (C=O) groups is 1. The average molecular weight is 464 g/mol. The van der Waals surface area contributed by atoms with E-state index in [0.29, 0.717) is 19.0 Å². The molecule has 1 amide bonds. The molecule has 0 spiro atoms. The summed E-state index contributed by atoms with van der Waals surface area (Å²) in [4.78, 5) is 18.9. The van der Waals surface area contributed by atoms with Crippen molar-refractivity contribution in [3.05, 3.63) is 54.2 Å². The molecule has 0 aliphatic carbocycles. The maximum absolute atomic E-state index is 12.4. The molecule has 180 valence electrons. The van der Waals surface area contributed by atoms with Gasteiger partial charge in [0.1, 0.15) is 17.1 Å². The first-order chi connectivity index (χ1) is 16.2. The summed E-state index contributed by atoms with van der Waals surface area (Å²) in [7, 11) is 3.28. The van der Waals surface area contributed by atoms with Gasteiger partial charge in [-0.1, -0.05) is 0 Å². The number of aromatic nitrogens is 1. The van der Waals surface area contributed by atoms with Crippen molar-refractivity contribution < 1.29 is 19.0 Å². The van der Waals surface area contributed by atoms with Gasteiger partial charge in [0.25, 0.3) is 0 Å². The number of benzene rings is 2. The molecule has 3 aromatic rings. The van der Waals surface area contributed by atoms with E-state index in [0.717, 1.165) is 46.6 Å². The second-order valence-corrected chi connectivity index (χ2v) is 9.64. The van der Waals surface area contributed by atoms with Crippen LogP contribution in [-0.2, 0) is 4.74 Å². The van der Waals surface area contributed by atoms with Gasteiger partial charge in [0.15, 0.2) is 0 Å². The molecule has 4 rings (SSSR count). The molecule has 0 saturated carbocycles. The summed E-state index contributed by atoms with van der Waals surface area (Å²) in [5, 5.41) is 4.51. The third-order valence-corrected chi connectivity index (χ3v) is 5.96. The van der Waals surface area contributed by atoms with E-state index < -0.39 is 5.60 Å². The highest BCUT2D eigenvalue weighted by Gasteiger charge is 2.27. The number of carbonyl (C=O) groups excluding carboxylic acids is 1. The maximum atomic E-state index is 12.4. The molecule has 1 N–H and O–H groups in total. The van der Waals surface area contributed by atoms with Crippen LogP contribution in [0, 0.1) is 0 Å². The molecular weight excluding hydrogens is 430 g/mol. The van der Waals surface area contributed by atoms with E-state index >= 15 is 0 Å². The van der Waals surface area contributed by atoms with Crippen molar-refractivity contribution in [1.82, 2.24) is 9.88 Å². The van der Waals surface area contributed by atoms with Gasteiger partial charge < -0.3 is 24.4 Å². The Morgan fingerprint density at radius 1 is 0.971 bits per heavy atom. The highest BCUT2D eigenvalue weighted by Crippen LogP contribution is 2.32. The minimum Gasteiger partial charge on any atom is -0.497 e. The monoisotopic (exact) mass is 463 g/mol. The Morgan fingerprint density at radius 2 is 1.65 bits per heavy atom. The minimum atomic E-state index is -0.474. The Balaban J connectivity index is 1.48. The van der Waals surface area contributed by atoms with E-state index in [2.05, 4.69) is 22.4 Å². The third kappa shape index (κ3) is 5.71. The van der Waals surface area contributed by atoms with Crippen molar-refractivity contribution in [3.63, 3.8) is 0 Å². The number of anilines is 2. The Bertz CT molecular complexity index is 1140. The van der Waals surface area contributed by atoms with Gasteiger partial charge in [-0.25, -0.2) is 4.79 Å². The molecule has 1 saturated heterocycles. The lowest BCUT2D eigenvalue weighted by molar-refractivity contribution is 0.0205. The summed E-state index contributed by atoms with van der Waals surface area (Å²) < 4.78 is 16.3. The number of piperidine rings is 1. The normalized spacial score (nSPS) is 14.7. The smallest absolute Gasteiger partial charge is 0.410 e. The fourth-order valence-electron chi connectivity index (χ4n) is 4.22. The molecule has 1 aromatic heterocycles. The Labute approximate surface area is 201 Å². The van der Waals surface area contributed by atoms with Gasteiger partial charge in [0.05, 0.1) is 19.7 Å². The second kappa shape index (κ2) is 9.79. The minimum absolute atomic E-state index is 0.229. The second-order valence-electron chi connectivity index (χ2n) is 9.64. The first-order valence-electron chi connectivity index (χ1n) is 11.6. The summed E-state index contributed by atoms with van der Waals surface area (Å²) in [6.45, 7) is 7.07. The van der Waals surface area contributed by atoms with Crippen LogP contribution >= 0.6 is 0 Å². The molecule has 0 unspecified atom stereocenters. The number of hydrogen-bond donors (Lipinski definition) is 1. The molecule has 7 nitrogen and oxygen atoms in total. The van der Waals surface area contributed by atoms with Crippen molar-refractivity contribution >= 4 is 28.4 Å². The lowest BCUT2D eigenvalue weighted by atomic mass is 9.90. The van der Waals surface area contributed by atoms with Crippen molar-refractivity contribution in [2.75, 3.05) is 32.6 Å². The molecule has 0 radical (unpaired) electrons. The zero-order chi connectivity index (χ0) is 24.3. The van der Waals surface area contributed by atoms with E-state index in [1.807, 2.05) is 57.3 Å². The van der Waals surface area contributed by atoms with Crippen LogP contribution < -0.4 is 14.8 Å². The first-order valence-corrected chi connectivity index (χ1v) is 11.6. The number of likely N-dealkylation sites (tertiary alicyclic amines) is 1. The van der Waals surface area contributed by atoms with E-state index in [1.54, 1.807) is 19.1 Å². The van der Waals surface area contributed by atoms with Crippen LogP contribution in [0.3, 0.4) is 0 Å². The standard InChI is InChI=1S/C27H33N3O4/c1-27(2,3)34-26(31)30-10-8-18(9-11-30)20-12-19-13-21(6-7-25(19)28-17-20)29-22-14-23(32-4)16-24(15-22)33-5/h6-7,12-18,29H,8-11H2,1-5H3. The first kappa shape index (κ1) is 23.7. The molecule has 1 fully saturated rings. The summed E-state index contributed by atoms with van der Waals surface area (Å²) in [6.07, 6.45) is 3.53. The van der Waals surface area contributed by atoms with E-state index in [4.69, 9.17) is 14.2 Å². The Morgan fingerprint density at radius 3 is 2.26 bits per heavy atom. The highest BCUT2D eigenvalue weighted by atomic mass is 16.6. The van der Waals surface area contributed by atoms with Gasteiger partial charge in [-0.05, 0) is 69.4 Å². The zero-order valence-electron chi connectivity index (χ0n) is 20.6. The fraction of sp³-hybridized carbons (Fsp3) is 0.407. The van der Waals surface area contributed by atoms with E-state index in [-0.39, 0.29) is 6.09 Å². The van der Waals surface area contributed by atoms with Crippen molar-refractivity contribution in [2.24, 2.45) is 0 Å². The highest BCUT2D eigenvalue weighted by molar-refractivity contribution is 5.84. The third-order valence-electron chi connectivity index (χ3n) is 5.96. The Hall–Kier alpha value is -3.48. The number of methoxy groups -OCH3 is 2. The summed E-state index contributed by atoms with van der Waals surface area (Å²) in [5.74, 6) is 1.82. The zero-order valence-corrected chi connectivity index (χ0v) is 20.6. The van der Waals surface area contributed by atoms with Crippen LogP contribution in [-0.4, -0.2) is 48.9 Å². The van der Waals surface area contributed by atoms with Crippen molar-refractivity contribution in [3.8, 4) is 11.5 Å². The summed E-state index contributed by atoms with van der Waals surface area (Å²) >= 11 is 0. The molecule has 34 heavy (non-hydrogen) atoms. The number of ether oxygens (including phenoxy) is 3. The maximum Gasteiger partial charge on any atom is 0.410 e. The molecule has 2 heterocycles.